The van der Waals surface area contributed by atoms with E-state index >= 15 is 0 Å². The largest absolute Gasteiger partial charge is 0.494 e. The average molecular weight is 496 g/mol. The van der Waals surface area contributed by atoms with Crippen molar-refractivity contribution in [3.05, 3.63) is 63.7 Å². The number of hydrogen-bond acceptors (Lipinski definition) is 8. The number of nitrogens with one attached hydrogen (secondary N) is 3. The third-order valence-electron chi connectivity index (χ3n) is 4.47. The van der Waals surface area contributed by atoms with Crippen molar-refractivity contribution in [1.82, 2.24) is 10.2 Å². The van der Waals surface area contributed by atoms with Crippen LogP contribution in [0, 0.1) is 22.4 Å². The van der Waals surface area contributed by atoms with Crippen LogP contribution in [0.3, 0.4) is 0 Å². The summed E-state index contributed by atoms with van der Waals surface area (Å²) in [6, 6.07) is 8.28. The molecule has 1 atom stereocenters. The first-order valence-corrected chi connectivity index (χ1v) is 11.4. The van der Waals surface area contributed by atoms with Gasteiger partial charge >= 0.3 is 5.97 Å². The number of hydroxylamine groups is 1. The van der Waals surface area contributed by atoms with Gasteiger partial charge in [0.25, 0.3) is 5.69 Å². The molecule has 0 aliphatic heterocycles. The number of non-ortho nitro benzene ring substituents is 1. The van der Waals surface area contributed by atoms with E-state index in [-0.39, 0.29) is 29.4 Å². The molecule has 2 rings (SSSR count). The standard InChI is InChI=1S/C20H25N5O8S/c1-13-3-6-15(25(28)29)12-18(13)34(30,31)24-17(19(26)27)11-14-4-7-16(8-5-14)32-9-2-10-33-23-20(21)22/h3-8,12,17,24H,2,9-11H2,1H3,(H,26,27)(H4,21,22,23)/t17-/m0/s1. The molecule has 0 spiro atoms. The number of aliphatic carboxylic acids is 1. The highest BCUT2D eigenvalue weighted by atomic mass is 32.2. The van der Waals surface area contributed by atoms with Crippen LogP contribution in [0.1, 0.15) is 17.5 Å². The zero-order valence-corrected chi connectivity index (χ0v) is 19.0. The van der Waals surface area contributed by atoms with Gasteiger partial charge in [-0.3, -0.25) is 25.2 Å². The molecule has 0 fully saturated rings. The third kappa shape index (κ3) is 7.99. The van der Waals surface area contributed by atoms with Gasteiger partial charge in [0.1, 0.15) is 11.8 Å². The van der Waals surface area contributed by atoms with E-state index in [2.05, 4.69) is 10.2 Å². The number of hydrogen-bond donors (Lipinski definition) is 5. The van der Waals surface area contributed by atoms with Gasteiger partial charge in [-0.1, -0.05) is 18.2 Å². The second-order valence-electron chi connectivity index (χ2n) is 7.13. The van der Waals surface area contributed by atoms with Crippen molar-refractivity contribution in [2.75, 3.05) is 13.2 Å². The number of aryl methyl sites for hydroxylation is 1. The molecular formula is C20H25N5O8S. The summed E-state index contributed by atoms with van der Waals surface area (Å²) in [5.41, 5.74) is 7.62. The highest BCUT2D eigenvalue weighted by Gasteiger charge is 2.28. The van der Waals surface area contributed by atoms with Crippen LogP contribution >= 0.6 is 0 Å². The van der Waals surface area contributed by atoms with Crippen LogP contribution in [0.5, 0.6) is 5.75 Å². The lowest BCUT2D eigenvalue weighted by Crippen LogP contribution is -2.42. The molecule has 0 aromatic heterocycles. The molecule has 0 unspecified atom stereocenters. The Hall–Kier alpha value is -3.75. The Morgan fingerprint density at radius 1 is 1.24 bits per heavy atom. The lowest BCUT2D eigenvalue weighted by Gasteiger charge is -2.16. The molecule has 0 heterocycles. The number of carboxylic acid groups (broad SMARTS) is 1. The van der Waals surface area contributed by atoms with Crippen molar-refractivity contribution >= 4 is 27.6 Å². The molecule has 34 heavy (non-hydrogen) atoms. The number of nitro benzene ring substituents is 1. The minimum absolute atomic E-state index is 0.159. The van der Waals surface area contributed by atoms with Crippen LogP contribution in [0.4, 0.5) is 5.69 Å². The van der Waals surface area contributed by atoms with Gasteiger partial charge in [0.15, 0.2) is 0 Å². The summed E-state index contributed by atoms with van der Waals surface area (Å²) >= 11 is 0. The van der Waals surface area contributed by atoms with Gasteiger partial charge in [-0.2, -0.15) is 4.72 Å². The second-order valence-corrected chi connectivity index (χ2v) is 8.82. The number of nitrogens with zero attached hydrogens (tertiary/aromatic N) is 1. The highest BCUT2D eigenvalue weighted by molar-refractivity contribution is 7.89. The molecular weight excluding hydrogens is 470 g/mol. The topological polar surface area (TPSA) is 207 Å². The minimum Gasteiger partial charge on any atom is -0.494 e. The van der Waals surface area contributed by atoms with Crippen molar-refractivity contribution in [1.29, 1.82) is 5.41 Å². The van der Waals surface area contributed by atoms with E-state index in [4.69, 9.17) is 20.7 Å². The van der Waals surface area contributed by atoms with Crippen LogP contribution in [0.15, 0.2) is 47.4 Å². The zero-order valence-electron chi connectivity index (χ0n) is 18.2. The van der Waals surface area contributed by atoms with E-state index < -0.39 is 32.6 Å². The normalized spacial score (nSPS) is 12.0. The first-order valence-electron chi connectivity index (χ1n) is 9.93. The van der Waals surface area contributed by atoms with Crippen LogP contribution in [-0.4, -0.2) is 49.6 Å². The number of nitro groups is 1. The second kappa shape index (κ2) is 11.9. The molecule has 6 N–H and O–H groups in total. The average Bonchev–Trinajstić information content (AvgIpc) is 2.76. The number of ether oxygens (including phenoxy) is 1. The molecule has 0 saturated carbocycles. The molecule has 0 aliphatic carbocycles. The van der Waals surface area contributed by atoms with Gasteiger partial charge in [0, 0.05) is 18.6 Å². The Balaban J connectivity index is 2.01. The fourth-order valence-corrected chi connectivity index (χ4v) is 4.28. The number of carboxylic acids is 1. The maximum atomic E-state index is 12.8. The smallest absolute Gasteiger partial charge is 0.322 e. The molecule has 2 aromatic carbocycles. The van der Waals surface area contributed by atoms with Gasteiger partial charge in [-0.15, -0.1) is 0 Å². The summed E-state index contributed by atoms with van der Waals surface area (Å²) in [5.74, 6) is -1.19. The number of rotatable bonds is 13. The monoisotopic (exact) mass is 495 g/mol. The van der Waals surface area contributed by atoms with E-state index in [1.807, 2.05) is 0 Å². The Labute approximate surface area is 195 Å². The van der Waals surface area contributed by atoms with E-state index in [0.717, 1.165) is 6.07 Å². The first-order chi connectivity index (χ1) is 16.0. The van der Waals surface area contributed by atoms with Gasteiger partial charge in [-0.05, 0) is 36.6 Å². The summed E-state index contributed by atoms with van der Waals surface area (Å²) < 4.78 is 33.2. The first kappa shape index (κ1) is 26.5. The number of benzene rings is 2. The summed E-state index contributed by atoms with van der Waals surface area (Å²) in [7, 11) is -4.34. The van der Waals surface area contributed by atoms with Gasteiger partial charge < -0.3 is 15.6 Å². The summed E-state index contributed by atoms with van der Waals surface area (Å²) in [6.45, 7) is 2.04. The van der Waals surface area contributed by atoms with E-state index in [9.17, 15) is 28.4 Å². The Morgan fingerprint density at radius 2 is 1.91 bits per heavy atom. The van der Waals surface area contributed by atoms with Crippen LogP contribution in [0.25, 0.3) is 0 Å². The summed E-state index contributed by atoms with van der Waals surface area (Å²) in [4.78, 5) is 26.5. The van der Waals surface area contributed by atoms with E-state index in [1.54, 1.807) is 24.3 Å². The fourth-order valence-electron chi connectivity index (χ4n) is 2.83. The number of nitrogens with two attached hydrogens (primary N) is 1. The molecule has 0 radical (unpaired) electrons. The van der Waals surface area contributed by atoms with Crippen LogP contribution in [0.2, 0.25) is 0 Å². The SMILES string of the molecule is Cc1ccc([N+](=O)[O-])cc1S(=O)(=O)N[C@@H](Cc1ccc(OCCCONC(=N)N)cc1)C(=O)O. The zero-order chi connectivity index (χ0) is 25.3. The Morgan fingerprint density at radius 3 is 2.50 bits per heavy atom. The molecule has 0 saturated heterocycles. The van der Waals surface area contributed by atoms with Crippen molar-refractivity contribution in [2.45, 2.75) is 30.7 Å². The van der Waals surface area contributed by atoms with E-state index in [1.165, 1.54) is 19.1 Å². The third-order valence-corrected chi connectivity index (χ3v) is 6.09. The van der Waals surface area contributed by atoms with Crippen molar-refractivity contribution in [2.24, 2.45) is 5.73 Å². The van der Waals surface area contributed by atoms with Crippen molar-refractivity contribution < 1.29 is 32.8 Å². The maximum Gasteiger partial charge on any atom is 0.322 e. The van der Waals surface area contributed by atoms with Gasteiger partial charge in [0.05, 0.1) is 23.0 Å². The fraction of sp³-hybridized carbons (Fsp3) is 0.300. The molecule has 0 amide bonds. The maximum absolute atomic E-state index is 12.8. The summed E-state index contributed by atoms with van der Waals surface area (Å²) in [5, 5.41) is 27.5. The van der Waals surface area contributed by atoms with Crippen LogP contribution in [-0.2, 0) is 26.1 Å². The number of carbonyl (C=O) groups is 1. The Kier molecular flexibility index (Phi) is 9.29. The molecule has 2 aromatic rings. The minimum atomic E-state index is -4.34. The van der Waals surface area contributed by atoms with Gasteiger partial charge in [0.2, 0.25) is 16.0 Å². The molecule has 0 aliphatic rings. The Bertz CT molecular complexity index is 1140. The van der Waals surface area contributed by atoms with Crippen LogP contribution < -0.4 is 20.7 Å². The quantitative estimate of drug-likeness (QED) is 0.0877. The number of sulfonamides is 1. The number of guanidine groups is 1. The summed E-state index contributed by atoms with van der Waals surface area (Å²) in [6.07, 6.45) is 0.356. The molecule has 0 bridgehead atoms. The lowest BCUT2D eigenvalue weighted by atomic mass is 10.1. The van der Waals surface area contributed by atoms with Gasteiger partial charge in [-0.25, -0.2) is 13.9 Å². The van der Waals surface area contributed by atoms with Crippen molar-refractivity contribution in [3.8, 4) is 5.75 Å². The van der Waals surface area contributed by atoms with Crippen molar-refractivity contribution in [3.63, 3.8) is 0 Å². The predicted octanol–water partition coefficient (Wildman–Crippen LogP) is 1.06. The molecule has 13 nitrogen and oxygen atoms in total. The predicted molar refractivity (Wildman–Crippen MR) is 121 cm³/mol. The molecule has 14 heteroatoms. The van der Waals surface area contributed by atoms with E-state index in [0.29, 0.717) is 24.3 Å². The lowest BCUT2D eigenvalue weighted by molar-refractivity contribution is -0.385. The molecule has 184 valence electrons. The highest BCUT2D eigenvalue weighted by Crippen LogP contribution is 2.22.